The van der Waals surface area contributed by atoms with Crippen LogP contribution in [0.2, 0.25) is 0 Å². The van der Waals surface area contributed by atoms with Crippen LogP contribution in [0.25, 0.3) is 0 Å². The molecule has 0 aliphatic carbocycles. The van der Waals surface area contributed by atoms with Crippen LogP contribution in [0.5, 0.6) is 0 Å². The predicted molar refractivity (Wildman–Crippen MR) is 72.1 cm³/mol. The molecular formula is C13H20N2O2S. The minimum Gasteiger partial charge on any atom is -0.317 e. The van der Waals surface area contributed by atoms with E-state index in [1.807, 2.05) is 19.9 Å². The van der Waals surface area contributed by atoms with Crippen LogP contribution in [0, 0.1) is 13.8 Å². The molecule has 0 atom stereocenters. The van der Waals surface area contributed by atoms with E-state index in [0.29, 0.717) is 4.90 Å². The summed E-state index contributed by atoms with van der Waals surface area (Å²) in [5.74, 6) is 0. The average molecular weight is 268 g/mol. The van der Waals surface area contributed by atoms with Crippen LogP contribution in [-0.2, 0) is 10.0 Å². The van der Waals surface area contributed by atoms with Gasteiger partial charge in [0.2, 0.25) is 10.0 Å². The van der Waals surface area contributed by atoms with E-state index in [0.717, 1.165) is 37.1 Å². The summed E-state index contributed by atoms with van der Waals surface area (Å²) in [6.07, 6.45) is 1.70. The smallest absolute Gasteiger partial charge is 0.240 e. The van der Waals surface area contributed by atoms with Gasteiger partial charge in [-0.15, -0.1) is 0 Å². The normalized spacial score (nSPS) is 17.9. The minimum atomic E-state index is -3.38. The lowest BCUT2D eigenvalue weighted by Crippen LogP contribution is -2.42. The molecule has 2 rings (SSSR count). The summed E-state index contributed by atoms with van der Waals surface area (Å²) in [5.41, 5.74) is 1.95. The van der Waals surface area contributed by atoms with Gasteiger partial charge in [0, 0.05) is 6.04 Å². The van der Waals surface area contributed by atoms with Gasteiger partial charge in [-0.05, 0) is 63.0 Å². The molecule has 1 fully saturated rings. The molecular weight excluding hydrogens is 248 g/mol. The van der Waals surface area contributed by atoms with Crippen molar-refractivity contribution in [1.82, 2.24) is 10.0 Å². The summed E-state index contributed by atoms with van der Waals surface area (Å²) in [4.78, 5) is 0.374. The molecule has 100 valence electrons. The maximum Gasteiger partial charge on any atom is 0.240 e. The van der Waals surface area contributed by atoms with Gasteiger partial charge in [-0.3, -0.25) is 0 Å². The first-order chi connectivity index (χ1) is 8.47. The Morgan fingerprint density at radius 2 is 1.67 bits per heavy atom. The quantitative estimate of drug-likeness (QED) is 0.869. The maximum atomic E-state index is 12.3. The van der Waals surface area contributed by atoms with E-state index in [2.05, 4.69) is 10.0 Å². The van der Waals surface area contributed by atoms with Crippen LogP contribution in [0.4, 0.5) is 0 Å². The zero-order valence-electron chi connectivity index (χ0n) is 10.9. The number of hydrogen-bond acceptors (Lipinski definition) is 3. The Morgan fingerprint density at radius 3 is 2.22 bits per heavy atom. The molecule has 0 saturated carbocycles. The van der Waals surface area contributed by atoms with Crippen LogP contribution >= 0.6 is 0 Å². The second-order valence-corrected chi connectivity index (χ2v) is 6.68. The Hall–Kier alpha value is -0.910. The lowest BCUT2D eigenvalue weighted by molar-refractivity contribution is 0.427. The fourth-order valence-corrected chi connectivity index (χ4v) is 3.81. The number of rotatable bonds is 3. The Labute approximate surface area is 109 Å². The molecule has 1 aliphatic rings. The van der Waals surface area contributed by atoms with Gasteiger partial charge in [-0.2, -0.15) is 0 Å². The molecule has 0 unspecified atom stereocenters. The predicted octanol–water partition coefficient (Wildman–Crippen LogP) is 1.33. The Bertz CT molecular complexity index is 500. The number of piperidine rings is 1. The van der Waals surface area contributed by atoms with E-state index in [1.54, 1.807) is 12.1 Å². The van der Waals surface area contributed by atoms with Crippen molar-refractivity contribution in [3.8, 4) is 0 Å². The fourth-order valence-electron chi connectivity index (χ4n) is 2.32. The van der Waals surface area contributed by atoms with Crippen LogP contribution in [0.15, 0.2) is 23.1 Å². The van der Waals surface area contributed by atoms with Crippen molar-refractivity contribution in [3.63, 3.8) is 0 Å². The topological polar surface area (TPSA) is 58.2 Å². The maximum absolute atomic E-state index is 12.3. The largest absolute Gasteiger partial charge is 0.317 e. The van der Waals surface area contributed by atoms with E-state index < -0.39 is 10.0 Å². The monoisotopic (exact) mass is 268 g/mol. The van der Waals surface area contributed by atoms with Crippen molar-refractivity contribution in [3.05, 3.63) is 29.3 Å². The van der Waals surface area contributed by atoms with Crippen LogP contribution in [0.3, 0.4) is 0 Å². The SMILES string of the molecule is Cc1cc(C)cc(S(=O)(=O)NC2CCNCC2)c1. The van der Waals surface area contributed by atoms with E-state index in [1.165, 1.54) is 0 Å². The van der Waals surface area contributed by atoms with Crippen molar-refractivity contribution in [2.24, 2.45) is 0 Å². The van der Waals surface area contributed by atoms with E-state index in [4.69, 9.17) is 0 Å². The molecule has 0 amide bonds. The Kier molecular flexibility index (Phi) is 4.04. The van der Waals surface area contributed by atoms with Crippen molar-refractivity contribution < 1.29 is 8.42 Å². The number of hydrogen-bond donors (Lipinski definition) is 2. The zero-order chi connectivity index (χ0) is 13.2. The zero-order valence-corrected chi connectivity index (χ0v) is 11.7. The van der Waals surface area contributed by atoms with Crippen LogP contribution < -0.4 is 10.0 Å². The molecule has 1 saturated heterocycles. The van der Waals surface area contributed by atoms with Crippen molar-refractivity contribution in [1.29, 1.82) is 0 Å². The first kappa shape index (κ1) is 13.5. The van der Waals surface area contributed by atoms with Crippen molar-refractivity contribution in [2.75, 3.05) is 13.1 Å². The molecule has 1 aromatic carbocycles. The standard InChI is InChI=1S/C13H20N2O2S/c1-10-7-11(2)9-13(8-10)18(16,17)15-12-3-5-14-6-4-12/h7-9,12,14-15H,3-6H2,1-2H3. The minimum absolute atomic E-state index is 0.0528. The number of benzene rings is 1. The molecule has 0 bridgehead atoms. The number of nitrogens with one attached hydrogen (secondary N) is 2. The second kappa shape index (κ2) is 5.38. The highest BCUT2D eigenvalue weighted by molar-refractivity contribution is 7.89. The van der Waals surface area contributed by atoms with Gasteiger partial charge in [-0.1, -0.05) is 6.07 Å². The van der Waals surface area contributed by atoms with Gasteiger partial charge in [0.25, 0.3) is 0 Å². The Morgan fingerprint density at radius 1 is 1.11 bits per heavy atom. The Balaban J connectivity index is 2.19. The molecule has 0 radical (unpaired) electrons. The van der Waals surface area contributed by atoms with E-state index >= 15 is 0 Å². The van der Waals surface area contributed by atoms with Gasteiger partial charge < -0.3 is 5.32 Å². The first-order valence-corrected chi connectivity index (χ1v) is 7.77. The molecule has 4 nitrogen and oxygen atoms in total. The molecule has 1 aliphatic heterocycles. The molecule has 2 N–H and O–H groups in total. The number of aryl methyl sites for hydroxylation is 2. The molecule has 0 spiro atoms. The highest BCUT2D eigenvalue weighted by atomic mass is 32.2. The fraction of sp³-hybridized carbons (Fsp3) is 0.538. The summed E-state index contributed by atoms with van der Waals surface area (Å²) in [6.45, 7) is 5.58. The molecule has 18 heavy (non-hydrogen) atoms. The molecule has 1 aromatic rings. The van der Waals surface area contributed by atoms with E-state index in [-0.39, 0.29) is 6.04 Å². The summed E-state index contributed by atoms with van der Waals surface area (Å²) in [7, 11) is -3.38. The third-order valence-corrected chi connectivity index (χ3v) is 4.67. The van der Waals surface area contributed by atoms with Crippen molar-refractivity contribution >= 4 is 10.0 Å². The van der Waals surface area contributed by atoms with Gasteiger partial charge >= 0.3 is 0 Å². The molecule has 1 heterocycles. The number of sulfonamides is 1. The lowest BCUT2D eigenvalue weighted by Gasteiger charge is -2.23. The highest BCUT2D eigenvalue weighted by Gasteiger charge is 2.21. The van der Waals surface area contributed by atoms with Crippen LogP contribution in [0.1, 0.15) is 24.0 Å². The highest BCUT2D eigenvalue weighted by Crippen LogP contribution is 2.16. The summed E-state index contributed by atoms with van der Waals surface area (Å²) >= 11 is 0. The molecule has 5 heteroatoms. The third kappa shape index (κ3) is 3.31. The van der Waals surface area contributed by atoms with Crippen LogP contribution in [-0.4, -0.2) is 27.5 Å². The lowest BCUT2D eigenvalue weighted by atomic mass is 10.1. The third-order valence-electron chi connectivity index (χ3n) is 3.17. The van der Waals surface area contributed by atoms with Gasteiger partial charge in [0.05, 0.1) is 4.90 Å². The first-order valence-electron chi connectivity index (χ1n) is 6.29. The van der Waals surface area contributed by atoms with E-state index in [9.17, 15) is 8.42 Å². The van der Waals surface area contributed by atoms with Crippen molar-refractivity contribution in [2.45, 2.75) is 37.6 Å². The van der Waals surface area contributed by atoms with Gasteiger partial charge in [0.15, 0.2) is 0 Å². The average Bonchev–Trinajstić information content (AvgIpc) is 2.28. The summed E-state index contributed by atoms with van der Waals surface area (Å²) in [5, 5.41) is 3.22. The summed E-state index contributed by atoms with van der Waals surface area (Å²) < 4.78 is 27.3. The second-order valence-electron chi connectivity index (χ2n) is 4.97. The molecule has 0 aromatic heterocycles. The van der Waals surface area contributed by atoms with Gasteiger partial charge in [0.1, 0.15) is 0 Å². The van der Waals surface area contributed by atoms with Gasteiger partial charge in [-0.25, -0.2) is 13.1 Å². The summed E-state index contributed by atoms with van der Waals surface area (Å²) in [6, 6.07) is 5.47.